The number of fused-ring (bicyclic) bond motifs is 1. The molecule has 10 heteroatoms. The van der Waals surface area contributed by atoms with Crippen LogP contribution in [0.25, 0.3) is 0 Å². The van der Waals surface area contributed by atoms with E-state index in [2.05, 4.69) is 9.69 Å². The molecule has 2 saturated heterocycles. The first-order chi connectivity index (χ1) is 13.0. The highest BCUT2D eigenvalue weighted by atomic mass is 32.1. The standard InChI is InChI=1S/C17H16N4O4S2/c22-14(11-4-2-1-3-5-11)19-15(26)21-17(13-6-7-18-27-13)10-20(16(23)24)8-12(17)9-25-21/h1-7,12H,8-10H2,(H,23,24)(H,19,22,26)/t12-,17-/m0/s1. The lowest BCUT2D eigenvalue weighted by Crippen LogP contribution is -2.53. The van der Waals surface area contributed by atoms with Gasteiger partial charge in [-0.3, -0.25) is 14.9 Å². The van der Waals surface area contributed by atoms with E-state index < -0.39 is 11.6 Å². The molecule has 2 N–H and O–H groups in total. The minimum atomic E-state index is -0.993. The Labute approximate surface area is 164 Å². The van der Waals surface area contributed by atoms with E-state index in [0.29, 0.717) is 18.7 Å². The van der Waals surface area contributed by atoms with Crippen LogP contribution in [0.4, 0.5) is 4.79 Å². The van der Waals surface area contributed by atoms with Gasteiger partial charge in [-0.05, 0) is 41.9 Å². The number of benzene rings is 1. The zero-order valence-corrected chi connectivity index (χ0v) is 15.7. The van der Waals surface area contributed by atoms with Gasteiger partial charge < -0.3 is 10.0 Å². The van der Waals surface area contributed by atoms with Gasteiger partial charge in [-0.25, -0.2) is 14.2 Å². The highest BCUT2D eigenvalue weighted by Crippen LogP contribution is 2.48. The number of hydrogen-bond acceptors (Lipinski definition) is 6. The van der Waals surface area contributed by atoms with E-state index in [1.165, 1.54) is 21.5 Å². The van der Waals surface area contributed by atoms with Crippen molar-refractivity contribution in [2.24, 2.45) is 5.92 Å². The van der Waals surface area contributed by atoms with Gasteiger partial charge in [0, 0.05) is 24.2 Å². The number of thiocarbonyl (C=S) groups is 1. The maximum Gasteiger partial charge on any atom is 0.407 e. The van der Waals surface area contributed by atoms with E-state index in [1.807, 2.05) is 12.1 Å². The van der Waals surface area contributed by atoms with Gasteiger partial charge in [0.05, 0.1) is 18.0 Å². The molecule has 2 fully saturated rings. The van der Waals surface area contributed by atoms with E-state index >= 15 is 0 Å². The monoisotopic (exact) mass is 404 g/mol. The zero-order valence-electron chi connectivity index (χ0n) is 14.1. The zero-order chi connectivity index (χ0) is 19.0. The lowest BCUT2D eigenvalue weighted by atomic mass is 9.87. The first kappa shape index (κ1) is 17.8. The van der Waals surface area contributed by atoms with Crippen LogP contribution in [-0.2, 0) is 10.4 Å². The third-order valence-electron chi connectivity index (χ3n) is 4.89. The summed E-state index contributed by atoms with van der Waals surface area (Å²) >= 11 is 6.73. The Morgan fingerprint density at radius 3 is 2.78 bits per heavy atom. The van der Waals surface area contributed by atoms with Crippen LogP contribution in [0.3, 0.4) is 0 Å². The van der Waals surface area contributed by atoms with Gasteiger partial charge in [0.15, 0.2) is 0 Å². The van der Waals surface area contributed by atoms with Crippen LogP contribution in [0.5, 0.6) is 0 Å². The molecule has 0 unspecified atom stereocenters. The molecule has 140 valence electrons. The number of carboxylic acid groups (broad SMARTS) is 1. The van der Waals surface area contributed by atoms with Crippen molar-refractivity contribution in [3.63, 3.8) is 0 Å². The summed E-state index contributed by atoms with van der Waals surface area (Å²) in [5, 5.41) is 13.7. The summed E-state index contributed by atoms with van der Waals surface area (Å²) in [4.78, 5) is 32.0. The van der Waals surface area contributed by atoms with Crippen molar-refractivity contribution in [2.45, 2.75) is 5.54 Å². The number of aromatic nitrogens is 1. The van der Waals surface area contributed by atoms with Gasteiger partial charge in [0.2, 0.25) is 5.11 Å². The Hall–Kier alpha value is -2.56. The minimum Gasteiger partial charge on any atom is -0.465 e. The fourth-order valence-electron chi connectivity index (χ4n) is 3.62. The average molecular weight is 404 g/mol. The van der Waals surface area contributed by atoms with Gasteiger partial charge in [-0.1, -0.05) is 18.2 Å². The summed E-state index contributed by atoms with van der Waals surface area (Å²) in [6.07, 6.45) is 0.671. The van der Waals surface area contributed by atoms with E-state index in [9.17, 15) is 14.7 Å². The maximum absolute atomic E-state index is 12.5. The molecule has 0 saturated carbocycles. The number of rotatable bonds is 2. The van der Waals surface area contributed by atoms with Gasteiger partial charge in [-0.2, -0.15) is 0 Å². The minimum absolute atomic E-state index is 0.104. The van der Waals surface area contributed by atoms with Crippen LogP contribution in [0.15, 0.2) is 42.6 Å². The van der Waals surface area contributed by atoms with Crippen molar-refractivity contribution in [1.82, 2.24) is 19.7 Å². The van der Waals surface area contributed by atoms with Crippen LogP contribution in [0, 0.1) is 5.92 Å². The van der Waals surface area contributed by atoms with Crippen molar-refractivity contribution in [2.75, 3.05) is 19.7 Å². The number of hydroxylamine groups is 2. The average Bonchev–Trinajstić information content (AvgIpc) is 3.36. The molecule has 1 aromatic carbocycles. The fraction of sp³-hybridized carbons (Fsp3) is 0.294. The molecule has 2 aromatic rings. The molecular formula is C17H16N4O4S2. The van der Waals surface area contributed by atoms with Crippen LogP contribution in [0.2, 0.25) is 0 Å². The number of carbonyl (C=O) groups is 2. The molecule has 2 amide bonds. The molecule has 3 heterocycles. The first-order valence-corrected chi connectivity index (χ1v) is 9.43. The molecule has 0 bridgehead atoms. The predicted octanol–water partition coefficient (Wildman–Crippen LogP) is 1.91. The van der Waals surface area contributed by atoms with Crippen LogP contribution in [-0.4, -0.2) is 56.3 Å². The molecule has 2 aliphatic heterocycles. The molecule has 2 aliphatic rings. The molecule has 0 spiro atoms. The Kier molecular flexibility index (Phi) is 4.54. The summed E-state index contributed by atoms with van der Waals surface area (Å²) in [7, 11) is 0. The van der Waals surface area contributed by atoms with Crippen molar-refractivity contribution >= 4 is 40.9 Å². The molecule has 8 nitrogen and oxygen atoms in total. The van der Waals surface area contributed by atoms with Crippen molar-refractivity contribution in [3.8, 4) is 0 Å². The lowest BCUT2D eigenvalue weighted by molar-refractivity contribution is -0.103. The van der Waals surface area contributed by atoms with E-state index in [1.54, 1.807) is 30.5 Å². The number of carbonyl (C=O) groups excluding carboxylic acids is 1. The predicted molar refractivity (Wildman–Crippen MR) is 101 cm³/mol. The lowest BCUT2D eigenvalue weighted by Gasteiger charge is -2.36. The van der Waals surface area contributed by atoms with Crippen LogP contribution >= 0.6 is 23.8 Å². The fourth-order valence-corrected chi connectivity index (χ4v) is 4.75. The SMILES string of the molecule is O=C(NC(=S)N1OC[C@@H]2CN(C(=O)O)C[C@@]21c1ccns1)c1ccccc1. The Balaban J connectivity index is 1.62. The van der Waals surface area contributed by atoms with Crippen molar-refractivity contribution in [1.29, 1.82) is 0 Å². The molecule has 0 radical (unpaired) electrons. The molecule has 0 aliphatic carbocycles. The molecule has 27 heavy (non-hydrogen) atoms. The Bertz CT molecular complexity index is 876. The second-order valence-electron chi connectivity index (χ2n) is 6.38. The topological polar surface area (TPSA) is 95.0 Å². The maximum atomic E-state index is 12.5. The highest BCUT2D eigenvalue weighted by molar-refractivity contribution is 7.80. The molecule has 1 aromatic heterocycles. The molecule has 2 atom stereocenters. The van der Waals surface area contributed by atoms with Gasteiger partial charge >= 0.3 is 6.09 Å². The number of nitrogens with one attached hydrogen (secondary N) is 1. The second-order valence-corrected chi connectivity index (χ2v) is 7.60. The quantitative estimate of drug-likeness (QED) is 0.739. The van der Waals surface area contributed by atoms with Crippen LogP contribution < -0.4 is 5.32 Å². The normalized spacial score (nSPS) is 23.9. The summed E-state index contributed by atoms with van der Waals surface area (Å²) in [6, 6.07) is 10.6. The summed E-state index contributed by atoms with van der Waals surface area (Å²) < 4.78 is 4.16. The van der Waals surface area contributed by atoms with E-state index in [-0.39, 0.29) is 23.5 Å². The Morgan fingerprint density at radius 1 is 1.33 bits per heavy atom. The van der Waals surface area contributed by atoms with Crippen molar-refractivity contribution in [3.05, 3.63) is 53.0 Å². The van der Waals surface area contributed by atoms with E-state index in [0.717, 1.165) is 4.88 Å². The summed E-state index contributed by atoms with van der Waals surface area (Å²) in [5.41, 5.74) is -0.318. The number of nitrogens with zero attached hydrogens (tertiary/aromatic N) is 3. The van der Waals surface area contributed by atoms with Gasteiger partial charge in [0.1, 0.15) is 5.54 Å². The highest BCUT2D eigenvalue weighted by Gasteiger charge is 2.60. The molecular weight excluding hydrogens is 388 g/mol. The molecule has 4 rings (SSSR count). The second kappa shape index (κ2) is 6.87. The number of likely N-dealkylation sites (tertiary alicyclic amines) is 1. The van der Waals surface area contributed by atoms with E-state index in [4.69, 9.17) is 17.1 Å². The third kappa shape index (κ3) is 2.95. The smallest absolute Gasteiger partial charge is 0.407 e. The van der Waals surface area contributed by atoms with Gasteiger partial charge in [0.25, 0.3) is 5.91 Å². The largest absolute Gasteiger partial charge is 0.465 e. The van der Waals surface area contributed by atoms with Gasteiger partial charge in [-0.15, -0.1) is 0 Å². The summed E-state index contributed by atoms with van der Waals surface area (Å²) in [6.45, 7) is 0.832. The Morgan fingerprint density at radius 2 is 2.11 bits per heavy atom. The van der Waals surface area contributed by atoms with Crippen molar-refractivity contribution < 1.29 is 19.5 Å². The first-order valence-electron chi connectivity index (χ1n) is 8.25. The van der Waals surface area contributed by atoms with Crippen LogP contribution in [0.1, 0.15) is 15.2 Å². The summed E-state index contributed by atoms with van der Waals surface area (Å²) in [5.74, 6) is -0.458. The number of amides is 2. The third-order valence-corrected chi connectivity index (χ3v) is 6.07. The number of hydrogen-bond donors (Lipinski definition) is 2.